The zero-order chi connectivity index (χ0) is 8.72. The first kappa shape index (κ1) is 7.11. The predicted molar refractivity (Wildman–Crippen MR) is 46.6 cm³/mol. The van der Waals surface area contributed by atoms with Crippen molar-refractivity contribution in [3.8, 4) is 0 Å². The van der Waals surface area contributed by atoms with Gasteiger partial charge in [-0.1, -0.05) is 20.8 Å². The number of carbonyl (C=O) groups excluding carboxylic acids is 1. The number of ketones is 1. The van der Waals surface area contributed by atoms with Crippen LogP contribution in [0.15, 0.2) is 0 Å². The first-order valence-corrected chi connectivity index (χ1v) is 5.00. The standard InChI is InChI=1S/C11H16O/c1-10(2)5-11(3)6-4-7(10)9(12)8(6)11/h6-8H,4-5H2,1-3H3/t6?,7-,8+,11+/m1/s1. The summed E-state index contributed by atoms with van der Waals surface area (Å²) in [5.41, 5.74) is 0.727. The van der Waals surface area contributed by atoms with Gasteiger partial charge in [-0.2, -0.15) is 0 Å². The highest BCUT2D eigenvalue weighted by Crippen LogP contribution is 2.77. The van der Waals surface area contributed by atoms with Crippen LogP contribution in [0.4, 0.5) is 0 Å². The fraction of sp³-hybridized carbons (Fsp3) is 0.909. The third-order valence-electron chi connectivity index (χ3n) is 4.77. The van der Waals surface area contributed by atoms with Crippen molar-refractivity contribution >= 4 is 5.78 Å². The summed E-state index contributed by atoms with van der Waals surface area (Å²) < 4.78 is 0. The quantitative estimate of drug-likeness (QED) is 0.536. The molecule has 0 N–H and O–H groups in total. The fourth-order valence-corrected chi connectivity index (χ4v) is 4.23. The van der Waals surface area contributed by atoms with Crippen molar-refractivity contribution in [3.63, 3.8) is 0 Å². The number of rotatable bonds is 0. The van der Waals surface area contributed by atoms with Crippen LogP contribution in [-0.2, 0) is 4.79 Å². The van der Waals surface area contributed by atoms with Gasteiger partial charge in [0.1, 0.15) is 5.78 Å². The summed E-state index contributed by atoms with van der Waals surface area (Å²) >= 11 is 0. The van der Waals surface area contributed by atoms with Gasteiger partial charge < -0.3 is 0 Å². The molecule has 0 aromatic carbocycles. The van der Waals surface area contributed by atoms with Crippen LogP contribution in [-0.4, -0.2) is 5.78 Å². The molecule has 4 fully saturated rings. The normalized spacial score (nSPS) is 58.9. The van der Waals surface area contributed by atoms with Crippen LogP contribution in [0.25, 0.3) is 0 Å². The molecule has 12 heavy (non-hydrogen) atoms. The van der Waals surface area contributed by atoms with E-state index in [1.807, 2.05) is 0 Å². The van der Waals surface area contributed by atoms with E-state index in [0.29, 0.717) is 28.4 Å². The average Bonchev–Trinajstić information content (AvgIpc) is 2.31. The third kappa shape index (κ3) is 0.512. The van der Waals surface area contributed by atoms with Crippen LogP contribution >= 0.6 is 0 Å². The lowest BCUT2D eigenvalue weighted by Crippen LogP contribution is -2.40. The molecule has 0 radical (unpaired) electrons. The topological polar surface area (TPSA) is 17.1 Å². The lowest BCUT2D eigenvalue weighted by molar-refractivity contribution is -0.131. The molecule has 0 aromatic heterocycles. The molecule has 4 atom stereocenters. The Bertz CT molecular complexity index is 276. The summed E-state index contributed by atoms with van der Waals surface area (Å²) in [4.78, 5) is 11.8. The van der Waals surface area contributed by atoms with Crippen LogP contribution in [0.5, 0.6) is 0 Å². The molecule has 1 nitrogen and oxygen atoms in total. The highest BCUT2D eigenvalue weighted by molar-refractivity contribution is 5.92. The highest BCUT2D eigenvalue weighted by Gasteiger charge is 2.76. The fourth-order valence-electron chi connectivity index (χ4n) is 4.23. The summed E-state index contributed by atoms with van der Waals surface area (Å²) in [7, 11) is 0. The second-order valence-electron chi connectivity index (χ2n) is 5.95. The number of carbonyl (C=O) groups is 1. The summed E-state index contributed by atoms with van der Waals surface area (Å²) in [6.07, 6.45) is 2.48. The Balaban J connectivity index is 2.08. The maximum Gasteiger partial charge on any atom is 0.140 e. The van der Waals surface area contributed by atoms with Crippen LogP contribution in [0.3, 0.4) is 0 Å². The van der Waals surface area contributed by atoms with Gasteiger partial charge in [-0.25, -0.2) is 0 Å². The van der Waals surface area contributed by atoms with Crippen molar-refractivity contribution in [1.82, 2.24) is 0 Å². The smallest absolute Gasteiger partial charge is 0.140 e. The second kappa shape index (κ2) is 1.51. The van der Waals surface area contributed by atoms with Gasteiger partial charge in [0.15, 0.2) is 0 Å². The van der Waals surface area contributed by atoms with Crippen molar-refractivity contribution in [2.75, 3.05) is 0 Å². The van der Waals surface area contributed by atoms with Gasteiger partial charge in [-0.3, -0.25) is 4.79 Å². The van der Waals surface area contributed by atoms with Gasteiger partial charge in [0.25, 0.3) is 0 Å². The minimum Gasteiger partial charge on any atom is -0.299 e. The summed E-state index contributed by atoms with van der Waals surface area (Å²) in [5.74, 6) is 2.27. The molecule has 4 saturated carbocycles. The minimum absolute atomic E-state index is 0.301. The Kier molecular flexibility index (Phi) is 0.897. The van der Waals surface area contributed by atoms with Crippen molar-refractivity contribution in [2.45, 2.75) is 33.6 Å². The highest BCUT2D eigenvalue weighted by atomic mass is 16.1. The van der Waals surface area contributed by atoms with Gasteiger partial charge in [0.05, 0.1) is 0 Å². The van der Waals surface area contributed by atoms with Gasteiger partial charge in [-0.05, 0) is 29.6 Å². The van der Waals surface area contributed by atoms with Gasteiger partial charge in [0.2, 0.25) is 0 Å². The van der Waals surface area contributed by atoms with E-state index in [1.165, 1.54) is 12.8 Å². The van der Waals surface area contributed by atoms with Crippen LogP contribution < -0.4 is 0 Å². The van der Waals surface area contributed by atoms with E-state index in [2.05, 4.69) is 20.8 Å². The van der Waals surface area contributed by atoms with Crippen molar-refractivity contribution in [1.29, 1.82) is 0 Å². The van der Waals surface area contributed by atoms with E-state index in [1.54, 1.807) is 0 Å². The first-order valence-electron chi connectivity index (χ1n) is 5.00. The number of hydrogen-bond donors (Lipinski definition) is 0. The monoisotopic (exact) mass is 164 g/mol. The Morgan fingerprint density at radius 3 is 2.42 bits per heavy atom. The average molecular weight is 164 g/mol. The second-order valence-corrected chi connectivity index (χ2v) is 5.95. The molecule has 1 heteroatoms. The van der Waals surface area contributed by atoms with E-state index < -0.39 is 0 Å². The molecule has 4 aliphatic carbocycles. The molecule has 0 spiro atoms. The van der Waals surface area contributed by atoms with Crippen molar-refractivity contribution in [2.24, 2.45) is 28.6 Å². The van der Waals surface area contributed by atoms with E-state index in [4.69, 9.17) is 0 Å². The molecule has 4 aliphatic rings. The third-order valence-corrected chi connectivity index (χ3v) is 4.77. The summed E-state index contributed by atoms with van der Waals surface area (Å²) in [6, 6.07) is 0. The molecule has 0 amide bonds. The zero-order valence-corrected chi connectivity index (χ0v) is 8.05. The SMILES string of the molecule is CC1(C)C[C@@]2(C)C3C[C@@H]1C(=O)[C@H]32. The molecule has 4 rings (SSSR count). The molecule has 1 unspecified atom stereocenters. The summed E-state index contributed by atoms with van der Waals surface area (Å²) in [5, 5.41) is 0. The minimum atomic E-state index is 0.301. The maximum absolute atomic E-state index is 11.8. The maximum atomic E-state index is 11.8. The lowest BCUT2D eigenvalue weighted by Gasteiger charge is -2.42. The number of Topliss-reactive ketones (excluding diaryl/α,β-unsaturated/α-hetero) is 1. The molecule has 66 valence electrons. The van der Waals surface area contributed by atoms with Crippen LogP contribution in [0.1, 0.15) is 33.6 Å². The van der Waals surface area contributed by atoms with Crippen molar-refractivity contribution in [3.05, 3.63) is 0 Å². The van der Waals surface area contributed by atoms with E-state index in [9.17, 15) is 4.79 Å². The Morgan fingerprint density at radius 2 is 2.00 bits per heavy atom. The Labute approximate surface area is 73.5 Å². The lowest BCUT2D eigenvalue weighted by atomic mass is 9.61. The van der Waals surface area contributed by atoms with Crippen LogP contribution in [0, 0.1) is 28.6 Å². The van der Waals surface area contributed by atoms with Gasteiger partial charge >= 0.3 is 0 Å². The van der Waals surface area contributed by atoms with E-state index >= 15 is 0 Å². The molecule has 0 saturated heterocycles. The number of hydrogen-bond acceptors (Lipinski definition) is 1. The molecule has 0 aliphatic heterocycles. The van der Waals surface area contributed by atoms with E-state index in [-0.39, 0.29) is 0 Å². The number of fused-ring (bicyclic) bond motifs is 1. The van der Waals surface area contributed by atoms with Gasteiger partial charge in [0, 0.05) is 11.8 Å². The molecule has 0 heterocycles. The van der Waals surface area contributed by atoms with Crippen molar-refractivity contribution < 1.29 is 4.79 Å². The first-order chi connectivity index (χ1) is 5.47. The Morgan fingerprint density at radius 1 is 1.33 bits per heavy atom. The summed E-state index contributed by atoms with van der Waals surface area (Å²) in [6.45, 7) is 6.86. The Hall–Kier alpha value is -0.330. The largest absolute Gasteiger partial charge is 0.299 e. The molecular weight excluding hydrogens is 148 g/mol. The molecular formula is C11H16O. The predicted octanol–water partition coefficient (Wildman–Crippen LogP) is 2.26. The zero-order valence-electron chi connectivity index (χ0n) is 8.05. The van der Waals surface area contributed by atoms with E-state index in [0.717, 1.165) is 5.92 Å². The van der Waals surface area contributed by atoms with Crippen LogP contribution in [0.2, 0.25) is 0 Å². The molecule has 4 bridgehead atoms. The molecule has 0 aromatic rings. The van der Waals surface area contributed by atoms with Gasteiger partial charge in [-0.15, -0.1) is 0 Å².